The van der Waals surface area contributed by atoms with Gasteiger partial charge >= 0.3 is 0 Å². The summed E-state index contributed by atoms with van der Waals surface area (Å²) in [4.78, 5) is 7.17. The van der Waals surface area contributed by atoms with E-state index in [1.165, 1.54) is 0 Å². The summed E-state index contributed by atoms with van der Waals surface area (Å²) in [7, 11) is 0. The molecule has 1 heterocycles. The molecule has 0 spiro atoms. The first-order valence-corrected chi connectivity index (χ1v) is 5.20. The van der Waals surface area contributed by atoms with E-state index in [1.807, 2.05) is 24.4 Å². The van der Waals surface area contributed by atoms with Crippen LogP contribution in [0.4, 0.5) is 5.69 Å². The van der Waals surface area contributed by atoms with Crippen LogP contribution in [0, 0.1) is 0 Å². The number of hydrogen-bond donors (Lipinski definition) is 2. The Morgan fingerprint density at radius 2 is 2.13 bits per heavy atom. The molecule has 2 aromatic rings. The molecule has 0 aliphatic heterocycles. The van der Waals surface area contributed by atoms with Gasteiger partial charge in [-0.3, -0.25) is 0 Å². The number of rotatable bonds is 4. The van der Waals surface area contributed by atoms with Gasteiger partial charge in [-0.05, 0) is 18.6 Å². The maximum Gasteiger partial charge on any atom is 0.0922 e. The topological polar surface area (TPSA) is 40.7 Å². The number of hydrogen-bond acceptors (Lipinski definition) is 2. The van der Waals surface area contributed by atoms with Gasteiger partial charge in [-0.15, -0.1) is 0 Å². The zero-order valence-corrected chi connectivity index (χ0v) is 8.77. The van der Waals surface area contributed by atoms with Gasteiger partial charge in [-0.2, -0.15) is 0 Å². The van der Waals surface area contributed by atoms with Crippen LogP contribution < -0.4 is 5.32 Å². The van der Waals surface area contributed by atoms with Gasteiger partial charge in [0.2, 0.25) is 0 Å². The van der Waals surface area contributed by atoms with E-state index in [9.17, 15) is 0 Å². The fraction of sp³-hybridized carbons (Fsp3) is 0.250. The molecule has 1 aromatic carbocycles. The highest BCUT2D eigenvalue weighted by Crippen LogP contribution is 2.19. The minimum Gasteiger partial charge on any atom is -0.377 e. The lowest BCUT2D eigenvalue weighted by Gasteiger charge is -2.16. The Bertz CT molecular complexity index is 381. The molecule has 3 nitrogen and oxygen atoms in total. The van der Waals surface area contributed by atoms with Gasteiger partial charge in [0.15, 0.2) is 0 Å². The van der Waals surface area contributed by atoms with Crippen molar-refractivity contribution in [2.45, 2.75) is 19.4 Å². The van der Waals surface area contributed by atoms with Gasteiger partial charge in [0.1, 0.15) is 0 Å². The second-order valence-corrected chi connectivity index (χ2v) is 3.48. The van der Waals surface area contributed by atoms with Crippen LogP contribution in [0.3, 0.4) is 0 Å². The second kappa shape index (κ2) is 4.64. The minimum atomic E-state index is 0.301. The highest BCUT2D eigenvalue weighted by Gasteiger charge is 2.09. The van der Waals surface area contributed by atoms with Crippen molar-refractivity contribution in [1.29, 1.82) is 0 Å². The van der Waals surface area contributed by atoms with Crippen LogP contribution in [0.15, 0.2) is 42.9 Å². The molecule has 0 fully saturated rings. The average molecular weight is 201 g/mol. The molecular formula is C12H15N3. The van der Waals surface area contributed by atoms with E-state index in [0.29, 0.717) is 6.04 Å². The molecule has 2 N–H and O–H groups in total. The van der Waals surface area contributed by atoms with Crippen LogP contribution >= 0.6 is 0 Å². The third-order valence-electron chi connectivity index (χ3n) is 2.42. The highest BCUT2D eigenvalue weighted by molar-refractivity contribution is 5.44. The molecule has 0 saturated heterocycles. The zero-order chi connectivity index (χ0) is 10.5. The molecule has 15 heavy (non-hydrogen) atoms. The van der Waals surface area contributed by atoms with Gasteiger partial charge in [0.25, 0.3) is 0 Å². The van der Waals surface area contributed by atoms with Gasteiger partial charge in [-0.1, -0.05) is 25.1 Å². The summed E-state index contributed by atoms with van der Waals surface area (Å²) in [5, 5.41) is 3.46. The summed E-state index contributed by atoms with van der Waals surface area (Å²) >= 11 is 0. The van der Waals surface area contributed by atoms with Crippen LogP contribution in [0.25, 0.3) is 0 Å². The number of nitrogens with zero attached hydrogens (tertiary/aromatic N) is 1. The molecule has 0 aliphatic carbocycles. The molecule has 2 rings (SSSR count). The first-order valence-electron chi connectivity index (χ1n) is 5.20. The van der Waals surface area contributed by atoms with Crippen molar-refractivity contribution in [1.82, 2.24) is 9.97 Å². The van der Waals surface area contributed by atoms with Crippen molar-refractivity contribution >= 4 is 5.69 Å². The maximum atomic E-state index is 4.04. The van der Waals surface area contributed by atoms with Crippen molar-refractivity contribution in [3.63, 3.8) is 0 Å². The quantitative estimate of drug-likeness (QED) is 0.798. The van der Waals surface area contributed by atoms with Crippen LogP contribution in [0.5, 0.6) is 0 Å². The van der Waals surface area contributed by atoms with Crippen molar-refractivity contribution < 1.29 is 0 Å². The monoisotopic (exact) mass is 201 g/mol. The van der Waals surface area contributed by atoms with Gasteiger partial charge in [0.05, 0.1) is 24.3 Å². The summed E-state index contributed by atoms with van der Waals surface area (Å²) in [6.45, 7) is 2.15. The largest absolute Gasteiger partial charge is 0.377 e. The molecule has 0 bridgehead atoms. The predicted octanol–water partition coefficient (Wildman–Crippen LogP) is 2.97. The summed E-state index contributed by atoms with van der Waals surface area (Å²) in [5.74, 6) is 0. The highest BCUT2D eigenvalue weighted by atomic mass is 15.0. The Kier molecular flexibility index (Phi) is 3.02. The van der Waals surface area contributed by atoms with E-state index in [4.69, 9.17) is 0 Å². The number of aromatic amines is 1. The second-order valence-electron chi connectivity index (χ2n) is 3.48. The average Bonchev–Trinajstić information content (AvgIpc) is 2.81. The Labute approximate surface area is 89.6 Å². The maximum absolute atomic E-state index is 4.04. The van der Waals surface area contributed by atoms with Crippen LogP contribution in [0.2, 0.25) is 0 Å². The fourth-order valence-electron chi connectivity index (χ4n) is 1.59. The number of aromatic nitrogens is 2. The summed E-state index contributed by atoms with van der Waals surface area (Å²) in [5.41, 5.74) is 2.26. The summed E-state index contributed by atoms with van der Waals surface area (Å²) in [6, 6.07) is 10.5. The third-order valence-corrected chi connectivity index (χ3v) is 2.42. The Morgan fingerprint density at radius 1 is 1.33 bits per heavy atom. The normalized spacial score (nSPS) is 12.3. The number of H-pyrrole nitrogens is 1. The SMILES string of the molecule is CCC(Nc1ccccc1)c1cnc[nH]1. The Morgan fingerprint density at radius 3 is 2.73 bits per heavy atom. The number of anilines is 1. The van der Waals surface area contributed by atoms with E-state index in [0.717, 1.165) is 17.8 Å². The minimum absolute atomic E-state index is 0.301. The lowest BCUT2D eigenvalue weighted by atomic mass is 10.1. The standard InChI is InChI=1S/C12H15N3/c1-2-11(12-8-13-9-14-12)15-10-6-4-3-5-7-10/h3-9,11,15H,2H2,1H3,(H,13,14). The van der Waals surface area contributed by atoms with Gasteiger partial charge in [-0.25, -0.2) is 4.98 Å². The van der Waals surface area contributed by atoms with Crippen LogP contribution in [-0.2, 0) is 0 Å². The molecule has 1 atom stereocenters. The fourth-order valence-corrected chi connectivity index (χ4v) is 1.59. The molecule has 3 heteroatoms. The van der Waals surface area contributed by atoms with E-state index in [1.54, 1.807) is 6.33 Å². The summed E-state index contributed by atoms with van der Waals surface area (Å²) in [6.07, 6.45) is 4.60. The first kappa shape index (κ1) is 9.77. The van der Waals surface area contributed by atoms with Gasteiger partial charge < -0.3 is 10.3 Å². The Hall–Kier alpha value is -1.77. The lowest BCUT2D eigenvalue weighted by molar-refractivity contribution is 0.728. The third kappa shape index (κ3) is 2.37. The van der Waals surface area contributed by atoms with E-state index in [2.05, 4.69) is 34.3 Å². The van der Waals surface area contributed by atoms with E-state index >= 15 is 0 Å². The summed E-state index contributed by atoms with van der Waals surface area (Å²) < 4.78 is 0. The van der Waals surface area contributed by atoms with E-state index in [-0.39, 0.29) is 0 Å². The molecule has 0 aliphatic rings. The molecule has 1 aromatic heterocycles. The molecule has 0 radical (unpaired) electrons. The number of imidazole rings is 1. The number of nitrogens with one attached hydrogen (secondary N) is 2. The van der Waals surface area contributed by atoms with Crippen molar-refractivity contribution in [2.24, 2.45) is 0 Å². The zero-order valence-electron chi connectivity index (χ0n) is 8.77. The van der Waals surface area contributed by atoms with E-state index < -0.39 is 0 Å². The first-order chi connectivity index (χ1) is 7.40. The molecule has 0 amide bonds. The Balaban J connectivity index is 2.10. The number of benzene rings is 1. The number of para-hydroxylation sites is 1. The predicted molar refractivity (Wildman–Crippen MR) is 61.7 cm³/mol. The van der Waals surface area contributed by atoms with Gasteiger partial charge in [0, 0.05) is 5.69 Å². The molecule has 1 unspecified atom stereocenters. The smallest absolute Gasteiger partial charge is 0.0922 e. The van der Waals surface area contributed by atoms with Crippen molar-refractivity contribution in [3.05, 3.63) is 48.5 Å². The molecular weight excluding hydrogens is 186 g/mol. The molecule has 78 valence electrons. The lowest BCUT2D eigenvalue weighted by Crippen LogP contribution is -2.09. The van der Waals surface area contributed by atoms with Crippen molar-refractivity contribution in [2.75, 3.05) is 5.32 Å². The molecule has 0 saturated carbocycles. The van der Waals surface area contributed by atoms with Crippen molar-refractivity contribution in [3.8, 4) is 0 Å². The van der Waals surface area contributed by atoms with Crippen LogP contribution in [-0.4, -0.2) is 9.97 Å². The van der Waals surface area contributed by atoms with Crippen LogP contribution in [0.1, 0.15) is 25.1 Å².